The van der Waals surface area contributed by atoms with E-state index in [2.05, 4.69) is 5.32 Å². The zero-order valence-corrected chi connectivity index (χ0v) is 27.7. The van der Waals surface area contributed by atoms with Crippen molar-refractivity contribution >= 4 is 50.7 Å². The summed E-state index contributed by atoms with van der Waals surface area (Å²) in [6.45, 7) is 3.71. The first-order valence-corrected chi connectivity index (χ1v) is 17.0. The van der Waals surface area contributed by atoms with Crippen LogP contribution in [0.2, 0.25) is 10.0 Å². The van der Waals surface area contributed by atoms with Crippen LogP contribution in [0, 0.1) is 6.92 Å². The van der Waals surface area contributed by atoms with E-state index in [1.165, 1.54) is 23.1 Å². The number of hydrogen-bond acceptors (Lipinski definition) is 4. The predicted molar refractivity (Wildman–Crippen MR) is 181 cm³/mol. The van der Waals surface area contributed by atoms with Crippen molar-refractivity contribution in [2.24, 2.45) is 0 Å². The van der Waals surface area contributed by atoms with E-state index in [1.807, 2.05) is 43.3 Å². The summed E-state index contributed by atoms with van der Waals surface area (Å²) in [5.41, 5.74) is 2.45. The lowest BCUT2D eigenvalue weighted by Crippen LogP contribution is -2.53. The molecule has 10 heteroatoms. The van der Waals surface area contributed by atoms with E-state index in [9.17, 15) is 18.0 Å². The SMILES string of the molecule is CCCCNC(=O)[C@@H](Cc1ccccc1)N(Cc1cccc(Cl)c1)C(=O)CN(c1cc(Cl)ccc1C)S(=O)(=O)c1ccccc1. The minimum absolute atomic E-state index is 0.0247. The number of sulfonamides is 1. The Morgan fingerprint density at radius 2 is 1.47 bits per heavy atom. The molecule has 45 heavy (non-hydrogen) atoms. The van der Waals surface area contributed by atoms with Crippen molar-refractivity contribution < 1.29 is 18.0 Å². The molecule has 0 aliphatic rings. The molecule has 4 aromatic rings. The second kappa shape index (κ2) is 15.9. The average molecular weight is 667 g/mol. The van der Waals surface area contributed by atoms with Gasteiger partial charge in [-0.05, 0) is 66.4 Å². The van der Waals surface area contributed by atoms with E-state index in [0.29, 0.717) is 27.7 Å². The number of benzene rings is 4. The number of nitrogens with zero attached hydrogens (tertiary/aromatic N) is 2. The number of anilines is 1. The largest absolute Gasteiger partial charge is 0.354 e. The van der Waals surface area contributed by atoms with Gasteiger partial charge >= 0.3 is 0 Å². The molecule has 0 unspecified atom stereocenters. The monoisotopic (exact) mass is 665 g/mol. The van der Waals surface area contributed by atoms with Crippen molar-refractivity contribution in [3.8, 4) is 0 Å². The molecule has 0 heterocycles. The molecule has 7 nitrogen and oxygen atoms in total. The number of halogens is 2. The van der Waals surface area contributed by atoms with Crippen molar-refractivity contribution in [1.82, 2.24) is 10.2 Å². The lowest BCUT2D eigenvalue weighted by atomic mass is 10.0. The number of carbonyl (C=O) groups excluding carboxylic acids is 2. The number of hydrogen-bond donors (Lipinski definition) is 1. The molecule has 0 aliphatic heterocycles. The lowest BCUT2D eigenvalue weighted by molar-refractivity contribution is -0.140. The second-order valence-electron chi connectivity index (χ2n) is 10.8. The molecule has 236 valence electrons. The Labute approximate surface area is 275 Å². The molecular weight excluding hydrogens is 629 g/mol. The summed E-state index contributed by atoms with van der Waals surface area (Å²) in [7, 11) is -4.22. The van der Waals surface area contributed by atoms with Crippen LogP contribution in [0.5, 0.6) is 0 Å². The number of rotatable bonds is 14. The number of unbranched alkanes of at least 4 members (excludes halogenated alkanes) is 1. The molecule has 0 aliphatic carbocycles. The quantitative estimate of drug-likeness (QED) is 0.146. The first-order valence-electron chi connectivity index (χ1n) is 14.8. The molecule has 0 radical (unpaired) electrons. The topological polar surface area (TPSA) is 86.8 Å². The Morgan fingerprint density at radius 1 is 0.822 bits per heavy atom. The maximum atomic E-state index is 14.5. The van der Waals surface area contributed by atoms with Crippen LogP contribution in [0.15, 0.2) is 108 Å². The van der Waals surface area contributed by atoms with E-state index in [-0.39, 0.29) is 29.5 Å². The van der Waals surface area contributed by atoms with Crippen LogP contribution in [0.3, 0.4) is 0 Å². The van der Waals surface area contributed by atoms with Gasteiger partial charge in [0, 0.05) is 29.6 Å². The third-order valence-electron chi connectivity index (χ3n) is 7.39. The summed E-state index contributed by atoms with van der Waals surface area (Å²) in [6.07, 6.45) is 1.90. The Kier molecular flexibility index (Phi) is 12.0. The van der Waals surface area contributed by atoms with Crippen LogP contribution < -0.4 is 9.62 Å². The molecule has 4 rings (SSSR count). The number of amides is 2. The second-order valence-corrected chi connectivity index (χ2v) is 13.5. The normalized spacial score (nSPS) is 11.9. The zero-order valence-electron chi connectivity index (χ0n) is 25.3. The van der Waals surface area contributed by atoms with Crippen LogP contribution >= 0.6 is 23.2 Å². The zero-order chi connectivity index (χ0) is 32.4. The molecule has 1 atom stereocenters. The maximum Gasteiger partial charge on any atom is 0.264 e. The van der Waals surface area contributed by atoms with Gasteiger partial charge in [0.15, 0.2) is 0 Å². The summed E-state index contributed by atoms with van der Waals surface area (Å²) in [5.74, 6) is -0.875. The van der Waals surface area contributed by atoms with E-state index in [1.54, 1.807) is 55.5 Å². The first kappa shape index (κ1) is 34.0. The van der Waals surface area contributed by atoms with Crippen molar-refractivity contribution in [2.45, 2.75) is 50.6 Å². The van der Waals surface area contributed by atoms with Crippen molar-refractivity contribution in [2.75, 3.05) is 17.4 Å². The highest BCUT2D eigenvalue weighted by Gasteiger charge is 2.35. The maximum absolute atomic E-state index is 14.5. The van der Waals surface area contributed by atoms with Crippen LogP contribution in [-0.2, 0) is 32.6 Å². The minimum Gasteiger partial charge on any atom is -0.354 e. The van der Waals surface area contributed by atoms with Crippen LogP contribution in [0.4, 0.5) is 5.69 Å². The highest BCUT2D eigenvalue weighted by molar-refractivity contribution is 7.92. The fourth-order valence-electron chi connectivity index (χ4n) is 4.98. The molecule has 0 bridgehead atoms. The number of aryl methyl sites for hydroxylation is 1. The summed E-state index contributed by atoms with van der Waals surface area (Å²) in [4.78, 5) is 29.8. The highest BCUT2D eigenvalue weighted by Crippen LogP contribution is 2.30. The van der Waals surface area contributed by atoms with Gasteiger partial charge in [0.05, 0.1) is 10.6 Å². The Bertz CT molecular complexity index is 1700. The van der Waals surface area contributed by atoms with Crippen LogP contribution in [0.1, 0.15) is 36.5 Å². The predicted octanol–water partition coefficient (Wildman–Crippen LogP) is 7.05. The van der Waals surface area contributed by atoms with Gasteiger partial charge in [0.25, 0.3) is 10.0 Å². The summed E-state index contributed by atoms with van der Waals surface area (Å²) in [6, 6.07) is 28.4. The standard InChI is InChI=1S/C35H37Cl2N3O4S/c1-3-4-20-38-35(42)33(22-27-12-7-5-8-13-27)39(24-28-14-11-15-29(36)21-28)34(41)25-40(32-23-30(37)19-18-26(32)2)45(43,44)31-16-9-6-10-17-31/h5-19,21,23,33H,3-4,20,22,24-25H2,1-2H3,(H,38,42)/t33-/m1/s1. The smallest absolute Gasteiger partial charge is 0.264 e. The molecule has 4 aromatic carbocycles. The van der Waals surface area contributed by atoms with E-state index < -0.39 is 28.5 Å². The molecule has 0 aromatic heterocycles. The van der Waals surface area contributed by atoms with Gasteiger partial charge in [-0.1, -0.05) is 103 Å². The van der Waals surface area contributed by atoms with Gasteiger partial charge in [0.1, 0.15) is 12.6 Å². The first-order chi connectivity index (χ1) is 21.6. The Balaban J connectivity index is 1.81. The van der Waals surface area contributed by atoms with E-state index in [4.69, 9.17) is 23.2 Å². The number of carbonyl (C=O) groups is 2. The van der Waals surface area contributed by atoms with Gasteiger partial charge in [-0.15, -0.1) is 0 Å². The molecular formula is C35H37Cl2N3O4S. The molecule has 0 spiro atoms. The third-order valence-corrected chi connectivity index (χ3v) is 9.64. The van der Waals surface area contributed by atoms with Crippen molar-refractivity contribution in [3.05, 3.63) is 130 Å². The lowest BCUT2D eigenvalue weighted by Gasteiger charge is -2.34. The Morgan fingerprint density at radius 3 is 2.13 bits per heavy atom. The Hall–Kier alpha value is -3.85. The summed E-state index contributed by atoms with van der Waals surface area (Å²) >= 11 is 12.6. The van der Waals surface area contributed by atoms with Gasteiger partial charge < -0.3 is 10.2 Å². The molecule has 1 N–H and O–H groups in total. The minimum atomic E-state index is -4.22. The van der Waals surface area contributed by atoms with Gasteiger partial charge in [-0.2, -0.15) is 0 Å². The molecule has 0 saturated heterocycles. The van der Waals surface area contributed by atoms with Gasteiger partial charge in [-0.3, -0.25) is 13.9 Å². The van der Waals surface area contributed by atoms with E-state index >= 15 is 0 Å². The van der Waals surface area contributed by atoms with Crippen LogP contribution in [0.25, 0.3) is 0 Å². The van der Waals surface area contributed by atoms with Gasteiger partial charge in [0.2, 0.25) is 11.8 Å². The fourth-order valence-corrected chi connectivity index (χ4v) is 6.85. The fraction of sp³-hybridized carbons (Fsp3) is 0.257. The van der Waals surface area contributed by atoms with E-state index in [0.717, 1.165) is 22.7 Å². The highest BCUT2D eigenvalue weighted by atomic mass is 35.5. The van der Waals surface area contributed by atoms with Crippen molar-refractivity contribution in [1.29, 1.82) is 0 Å². The summed E-state index contributed by atoms with van der Waals surface area (Å²) in [5, 5.41) is 3.79. The van der Waals surface area contributed by atoms with Gasteiger partial charge in [-0.25, -0.2) is 8.42 Å². The summed E-state index contributed by atoms with van der Waals surface area (Å²) < 4.78 is 29.4. The molecule has 0 saturated carbocycles. The average Bonchev–Trinajstić information content (AvgIpc) is 3.03. The number of nitrogens with one attached hydrogen (secondary N) is 1. The molecule has 0 fully saturated rings. The van der Waals surface area contributed by atoms with Crippen LogP contribution in [-0.4, -0.2) is 44.3 Å². The van der Waals surface area contributed by atoms with Crippen molar-refractivity contribution in [3.63, 3.8) is 0 Å². The molecule has 2 amide bonds. The third kappa shape index (κ3) is 9.10.